The van der Waals surface area contributed by atoms with Gasteiger partial charge in [-0.25, -0.2) is 0 Å². The topological polar surface area (TPSA) is 19.4 Å². The maximum atomic E-state index is 2.40. The van der Waals surface area contributed by atoms with Gasteiger partial charge < -0.3 is 29.4 Å². The number of likely N-dealkylation sites (N-methyl/N-ethyl adjacent to an activating group) is 5. The number of nitrogens with zero attached hydrogens (tertiary/aromatic N) is 6. The van der Waals surface area contributed by atoms with E-state index in [4.69, 9.17) is 0 Å². The molecule has 6 nitrogen and oxygen atoms in total. The van der Waals surface area contributed by atoms with Crippen LogP contribution in [0.15, 0.2) is 11.6 Å². The van der Waals surface area contributed by atoms with E-state index in [1.54, 1.807) is 5.57 Å². The summed E-state index contributed by atoms with van der Waals surface area (Å²) in [5, 5.41) is 0. The number of piperazine rings is 2. The second kappa shape index (κ2) is 17.0. The van der Waals surface area contributed by atoms with E-state index in [0.717, 1.165) is 12.5 Å². The number of likely N-dealkylation sites (tertiary alicyclic amines) is 1. The molecule has 0 aromatic heterocycles. The van der Waals surface area contributed by atoms with E-state index in [1.807, 2.05) is 0 Å². The lowest BCUT2D eigenvalue weighted by molar-refractivity contribution is 0.181. The van der Waals surface area contributed by atoms with Crippen LogP contribution in [0, 0.1) is 5.92 Å². The monoisotopic (exact) mass is 452 g/mol. The molecule has 0 spiro atoms. The van der Waals surface area contributed by atoms with Gasteiger partial charge in [0.05, 0.1) is 0 Å². The quantitative estimate of drug-likeness (QED) is 0.522. The van der Waals surface area contributed by atoms with Crippen LogP contribution in [0.25, 0.3) is 0 Å². The summed E-state index contributed by atoms with van der Waals surface area (Å²) in [6.45, 7) is 19.4. The standard InChI is InChI=1S/C7H15N.C7H13N.2C6H14N2/c4*1-7-3-5-8(2)6-4-7/h7H,3-6H2,1-2H3;3H,4-6H2,1-2H3;2*3-6H2,1-2H3. The van der Waals surface area contributed by atoms with Crippen LogP contribution in [0.5, 0.6) is 0 Å². The summed E-state index contributed by atoms with van der Waals surface area (Å²) in [6.07, 6.45) is 6.35. The molecule has 0 saturated carbocycles. The third kappa shape index (κ3) is 15.4. The van der Waals surface area contributed by atoms with E-state index in [9.17, 15) is 0 Å². The van der Waals surface area contributed by atoms with E-state index >= 15 is 0 Å². The van der Waals surface area contributed by atoms with Crippen LogP contribution in [-0.4, -0.2) is 150 Å². The molecule has 0 amide bonds. The highest BCUT2D eigenvalue weighted by atomic mass is 15.2. The molecule has 4 aliphatic heterocycles. The van der Waals surface area contributed by atoms with Gasteiger partial charge in [0.25, 0.3) is 0 Å². The van der Waals surface area contributed by atoms with Crippen molar-refractivity contribution in [2.45, 2.75) is 33.1 Å². The van der Waals surface area contributed by atoms with E-state index in [2.05, 4.69) is 91.6 Å². The Hall–Kier alpha value is -0.500. The van der Waals surface area contributed by atoms with Crippen molar-refractivity contribution in [2.75, 3.05) is 121 Å². The number of hydrogen-bond donors (Lipinski definition) is 0. The molecule has 0 aliphatic carbocycles. The molecule has 0 aromatic carbocycles. The molecule has 4 rings (SSSR count). The minimum Gasteiger partial charge on any atom is -0.306 e. The average molecular weight is 453 g/mol. The first-order chi connectivity index (χ1) is 15.2. The second-order valence-corrected chi connectivity index (χ2v) is 10.8. The van der Waals surface area contributed by atoms with E-state index in [-0.39, 0.29) is 0 Å². The minimum atomic E-state index is 0.978. The van der Waals surface area contributed by atoms with E-state index < -0.39 is 0 Å². The fraction of sp³-hybridized carbons (Fsp3) is 0.923. The molecule has 3 fully saturated rings. The molecule has 0 atom stereocenters. The van der Waals surface area contributed by atoms with E-state index in [0.29, 0.717) is 0 Å². The summed E-state index contributed by atoms with van der Waals surface area (Å²) in [7, 11) is 13.1. The second-order valence-electron chi connectivity index (χ2n) is 10.8. The number of piperidine rings is 1. The maximum Gasteiger partial charge on any atom is 0.0162 e. The smallest absolute Gasteiger partial charge is 0.0162 e. The summed E-state index contributed by atoms with van der Waals surface area (Å²) in [5.74, 6) is 0.978. The first-order valence-corrected chi connectivity index (χ1v) is 12.9. The van der Waals surface area contributed by atoms with Crippen LogP contribution >= 0.6 is 0 Å². The summed E-state index contributed by atoms with van der Waals surface area (Å²) >= 11 is 0. The normalized spacial score (nSPS) is 25.4. The molecule has 0 radical (unpaired) electrons. The van der Waals surface area contributed by atoms with Crippen LogP contribution < -0.4 is 0 Å². The first-order valence-electron chi connectivity index (χ1n) is 12.9. The van der Waals surface area contributed by atoms with Crippen molar-refractivity contribution >= 4 is 0 Å². The molecule has 6 heteroatoms. The molecular formula is C26H56N6. The first kappa shape index (κ1) is 29.5. The van der Waals surface area contributed by atoms with Crippen LogP contribution in [0.2, 0.25) is 0 Å². The van der Waals surface area contributed by atoms with Crippen molar-refractivity contribution in [3.8, 4) is 0 Å². The van der Waals surface area contributed by atoms with Crippen LogP contribution in [0.3, 0.4) is 0 Å². The molecule has 0 N–H and O–H groups in total. The highest BCUT2D eigenvalue weighted by molar-refractivity contribution is 5.02. The van der Waals surface area contributed by atoms with Gasteiger partial charge in [-0.3, -0.25) is 0 Å². The largest absolute Gasteiger partial charge is 0.306 e. The molecule has 190 valence electrons. The van der Waals surface area contributed by atoms with Crippen LogP contribution in [-0.2, 0) is 0 Å². The van der Waals surface area contributed by atoms with Crippen LogP contribution in [0.1, 0.15) is 33.1 Å². The van der Waals surface area contributed by atoms with Crippen molar-refractivity contribution in [3.63, 3.8) is 0 Å². The lowest BCUT2D eigenvalue weighted by Gasteiger charge is -2.28. The maximum absolute atomic E-state index is 2.40. The zero-order valence-corrected chi connectivity index (χ0v) is 22.9. The minimum absolute atomic E-state index is 0.978. The van der Waals surface area contributed by atoms with Gasteiger partial charge >= 0.3 is 0 Å². The van der Waals surface area contributed by atoms with Gasteiger partial charge in [0.1, 0.15) is 0 Å². The molecule has 0 bridgehead atoms. The zero-order chi connectivity index (χ0) is 23.9. The van der Waals surface area contributed by atoms with Gasteiger partial charge in [-0.2, -0.15) is 0 Å². The molecule has 4 heterocycles. The van der Waals surface area contributed by atoms with Gasteiger partial charge in [-0.1, -0.05) is 18.6 Å². The molecule has 4 aliphatic rings. The summed E-state index contributed by atoms with van der Waals surface area (Å²) in [4.78, 5) is 14.2. The van der Waals surface area contributed by atoms with Gasteiger partial charge in [-0.05, 0) is 87.5 Å². The summed E-state index contributed by atoms with van der Waals surface area (Å²) < 4.78 is 0. The zero-order valence-electron chi connectivity index (χ0n) is 22.9. The van der Waals surface area contributed by atoms with Gasteiger partial charge in [0.15, 0.2) is 0 Å². The van der Waals surface area contributed by atoms with Crippen molar-refractivity contribution < 1.29 is 0 Å². The molecule has 0 unspecified atom stereocenters. The summed E-state index contributed by atoms with van der Waals surface area (Å²) in [5.41, 5.74) is 1.54. The molecular weight excluding hydrogens is 396 g/mol. The van der Waals surface area contributed by atoms with Gasteiger partial charge in [-0.15, -0.1) is 0 Å². The Morgan fingerprint density at radius 1 is 0.531 bits per heavy atom. The highest BCUT2D eigenvalue weighted by Crippen LogP contribution is 2.13. The van der Waals surface area contributed by atoms with Gasteiger partial charge in [0.2, 0.25) is 0 Å². The lowest BCUT2D eigenvalue weighted by atomic mass is 10.00. The third-order valence-electron chi connectivity index (χ3n) is 7.10. The summed E-state index contributed by atoms with van der Waals surface area (Å²) in [6, 6.07) is 0. The lowest BCUT2D eigenvalue weighted by Crippen LogP contribution is -2.42. The number of hydrogen-bond acceptors (Lipinski definition) is 6. The third-order valence-corrected chi connectivity index (χ3v) is 7.10. The van der Waals surface area contributed by atoms with Crippen molar-refractivity contribution in [2.24, 2.45) is 5.92 Å². The average Bonchev–Trinajstić information content (AvgIpc) is 2.78. The Labute approximate surface area is 201 Å². The van der Waals surface area contributed by atoms with Crippen molar-refractivity contribution in [1.82, 2.24) is 29.4 Å². The van der Waals surface area contributed by atoms with E-state index in [1.165, 1.54) is 91.3 Å². The molecule has 3 saturated heterocycles. The van der Waals surface area contributed by atoms with Crippen LogP contribution in [0.4, 0.5) is 0 Å². The Bertz CT molecular complexity index is 395. The molecule has 32 heavy (non-hydrogen) atoms. The fourth-order valence-corrected chi connectivity index (χ4v) is 3.82. The Balaban J connectivity index is 0.000000213. The Morgan fingerprint density at radius 2 is 0.875 bits per heavy atom. The van der Waals surface area contributed by atoms with Crippen molar-refractivity contribution in [3.05, 3.63) is 11.6 Å². The van der Waals surface area contributed by atoms with Crippen molar-refractivity contribution in [1.29, 1.82) is 0 Å². The van der Waals surface area contributed by atoms with Gasteiger partial charge in [0, 0.05) is 65.4 Å². The predicted octanol–water partition coefficient (Wildman–Crippen LogP) is 2.34. The highest BCUT2D eigenvalue weighted by Gasteiger charge is 2.11. The molecule has 0 aromatic rings. The predicted molar refractivity (Wildman–Crippen MR) is 142 cm³/mol. The Kier molecular flexibility index (Phi) is 15.7. The fourth-order valence-electron chi connectivity index (χ4n) is 3.82. The number of rotatable bonds is 0. The SMILES string of the molecule is CC1=CCN(C)CC1.CC1CCN(C)CC1.CN1CCN(C)CC1.CN1CCN(C)CC1. The Morgan fingerprint density at radius 3 is 1.12 bits per heavy atom.